The van der Waals surface area contributed by atoms with Crippen LogP contribution in [0.25, 0.3) is 22.0 Å². The van der Waals surface area contributed by atoms with Gasteiger partial charge in [-0.1, -0.05) is 30.7 Å². The summed E-state index contributed by atoms with van der Waals surface area (Å²) >= 11 is 6.19. The largest absolute Gasteiger partial charge is 0.385 e. The zero-order chi connectivity index (χ0) is 19.8. The first-order valence-corrected chi connectivity index (χ1v) is 9.56. The van der Waals surface area contributed by atoms with Gasteiger partial charge in [-0.3, -0.25) is 14.9 Å². The highest BCUT2D eigenvalue weighted by Gasteiger charge is 2.33. The van der Waals surface area contributed by atoms with Crippen LogP contribution < -0.4 is 10.6 Å². The Hall–Kier alpha value is -3.05. The van der Waals surface area contributed by atoms with Crippen LogP contribution in [-0.4, -0.2) is 22.9 Å². The number of amides is 2. The number of fused-ring (bicyclic) bond motifs is 1. The Bertz CT molecular complexity index is 1140. The van der Waals surface area contributed by atoms with Gasteiger partial charge in [0.15, 0.2) is 0 Å². The molecule has 5 nitrogen and oxygen atoms in total. The summed E-state index contributed by atoms with van der Waals surface area (Å²) in [7, 11) is 1.91. The molecule has 0 fully saturated rings. The third kappa shape index (κ3) is 3.08. The third-order valence-corrected chi connectivity index (χ3v) is 5.12. The number of hydrogen-bond acceptors (Lipinski definition) is 3. The quantitative estimate of drug-likeness (QED) is 0.638. The van der Waals surface area contributed by atoms with E-state index in [1.54, 1.807) is 0 Å². The molecule has 2 amide bonds. The lowest BCUT2D eigenvalue weighted by molar-refractivity contribution is -0.122. The lowest BCUT2D eigenvalue weighted by Crippen LogP contribution is -2.22. The Morgan fingerprint density at radius 3 is 2.64 bits per heavy atom. The standard InChI is InChI=1S/C22H20ClN3O2/c1-3-9-24-15-6-4-5-13(10-15)19-20(22(28)25-21(19)27)17-12-26(2)18-8-7-14(23)11-16(17)18/h4-8,10-12,24H,3,9H2,1-2H3,(H,25,27,28). The topological polar surface area (TPSA) is 63.1 Å². The molecule has 0 radical (unpaired) electrons. The van der Waals surface area contributed by atoms with Crippen molar-refractivity contribution in [2.75, 3.05) is 11.9 Å². The molecule has 3 aromatic rings. The van der Waals surface area contributed by atoms with E-state index in [1.165, 1.54) is 0 Å². The van der Waals surface area contributed by atoms with Crippen LogP contribution in [0.3, 0.4) is 0 Å². The normalized spacial score (nSPS) is 14.1. The molecule has 0 saturated heterocycles. The van der Waals surface area contributed by atoms with Crippen molar-refractivity contribution < 1.29 is 9.59 Å². The monoisotopic (exact) mass is 393 g/mol. The fraction of sp³-hybridized carbons (Fsp3) is 0.182. The summed E-state index contributed by atoms with van der Waals surface area (Å²) < 4.78 is 1.93. The molecule has 2 N–H and O–H groups in total. The third-order valence-electron chi connectivity index (χ3n) is 4.88. The first kappa shape index (κ1) is 18.3. The maximum absolute atomic E-state index is 12.7. The molecule has 142 valence electrons. The highest BCUT2D eigenvalue weighted by atomic mass is 35.5. The summed E-state index contributed by atoms with van der Waals surface area (Å²) in [6.45, 7) is 2.93. The lowest BCUT2D eigenvalue weighted by atomic mass is 9.95. The van der Waals surface area contributed by atoms with Crippen molar-refractivity contribution in [1.82, 2.24) is 9.88 Å². The minimum Gasteiger partial charge on any atom is -0.385 e. The molecule has 4 rings (SSSR count). The summed E-state index contributed by atoms with van der Waals surface area (Å²) in [5.74, 6) is -0.772. The maximum atomic E-state index is 12.7. The Labute approximate surface area is 168 Å². The van der Waals surface area contributed by atoms with Gasteiger partial charge >= 0.3 is 0 Å². The van der Waals surface area contributed by atoms with Crippen molar-refractivity contribution in [1.29, 1.82) is 0 Å². The molecule has 6 heteroatoms. The number of carbonyl (C=O) groups excluding carboxylic acids is 2. The number of anilines is 1. The van der Waals surface area contributed by atoms with E-state index in [-0.39, 0.29) is 11.8 Å². The van der Waals surface area contributed by atoms with Gasteiger partial charge in [-0.05, 0) is 42.3 Å². The number of hydrogen-bond donors (Lipinski definition) is 2. The van der Waals surface area contributed by atoms with Gasteiger partial charge in [0.1, 0.15) is 0 Å². The Balaban J connectivity index is 1.93. The smallest absolute Gasteiger partial charge is 0.259 e. The average Bonchev–Trinajstić information content (AvgIpc) is 3.15. The average molecular weight is 394 g/mol. The van der Waals surface area contributed by atoms with E-state index >= 15 is 0 Å². The predicted octanol–water partition coefficient (Wildman–Crippen LogP) is 4.22. The van der Waals surface area contributed by atoms with Gasteiger partial charge in [-0.25, -0.2) is 0 Å². The number of nitrogens with one attached hydrogen (secondary N) is 2. The van der Waals surface area contributed by atoms with Crippen molar-refractivity contribution in [3.63, 3.8) is 0 Å². The van der Waals surface area contributed by atoms with Gasteiger partial charge in [-0.15, -0.1) is 0 Å². The molecule has 2 heterocycles. The molecule has 1 aromatic heterocycles. The van der Waals surface area contributed by atoms with Crippen LogP contribution in [-0.2, 0) is 16.6 Å². The molecule has 28 heavy (non-hydrogen) atoms. The van der Waals surface area contributed by atoms with Crippen LogP contribution in [0.2, 0.25) is 5.02 Å². The van der Waals surface area contributed by atoms with Gasteiger partial charge in [0.2, 0.25) is 0 Å². The molecule has 0 spiro atoms. The molecule has 0 bridgehead atoms. The number of imide groups is 1. The highest BCUT2D eigenvalue weighted by molar-refractivity contribution is 6.50. The highest BCUT2D eigenvalue weighted by Crippen LogP contribution is 2.37. The second-order valence-electron chi connectivity index (χ2n) is 6.86. The Morgan fingerprint density at radius 1 is 1.07 bits per heavy atom. The maximum Gasteiger partial charge on any atom is 0.259 e. The zero-order valence-corrected chi connectivity index (χ0v) is 16.4. The van der Waals surface area contributed by atoms with Gasteiger partial charge < -0.3 is 9.88 Å². The first-order chi connectivity index (χ1) is 13.5. The second-order valence-corrected chi connectivity index (χ2v) is 7.29. The molecule has 2 aromatic carbocycles. The summed E-state index contributed by atoms with van der Waals surface area (Å²) in [5.41, 5.74) is 4.03. The van der Waals surface area contributed by atoms with Crippen molar-refractivity contribution in [3.05, 3.63) is 64.8 Å². The van der Waals surface area contributed by atoms with Crippen LogP contribution in [0.5, 0.6) is 0 Å². The first-order valence-electron chi connectivity index (χ1n) is 9.18. The minimum atomic E-state index is -0.389. The number of halogens is 1. The Morgan fingerprint density at radius 2 is 1.86 bits per heavy atom. The molecular weight excluding hydrogens is 374 g/mol. The van der Waals surface area contributed by atoms with Gasteiger partial charge in [-0.2, -0.15) is 0 Å². The van der Waals surface area contributed by atoms with E-state index < -0.39 is 0 Å². The summed E-state index contributed by atoms with van der Waals surface area (Å²) in [5, 5.41) is 7.19. The van der Waals surface area contributed by atoms with Crippen LogP contribution in [0.4, 0.5) is 5.69 Å². The van der Waals surface area contributed by atoms with E-state index in [2.05, 4.69) is 17.6 Å². The molecule has 0 unspecified atom stereocenters. The van der Waals surface area contributed by atoms with Gasteiger partial charge in [0.05, 0.1) is 11.1 Å². The number of carbonyl (C=O) groups is 2. The van der Waals surface area contributed by atoms with Crippen LogP contribution in [0, 0.1) is 0 Å². The van der Waals surface area contributed by atoms with Crippen LogP contribution in [0.15, 0.2) is 48.7 Å². The molecule has 0 aliphatic carbocycles. The van der Waals surface area contributed by atoms with E-state index in [9.17, 15) is 9.59 Å². The fourth-order valence-electron chi connectivity index (χ4n) is 3.61. The van der Waals surface area contributed by atoms with E-state index in [4.69, 9.17) is 11.6 Å². The molecule has 1 aliphatic heterocycles. The molecular formula is C22H20ClN3O2. The molecule has 0 saturated carbocycles. The molecule has 0 atom stereocenters. The van der Waals surface area contributed by atoms with Crippen LogP contribution >= 0.6 is 11.6 Å². The Kier molecular flexibility index (Phi) is 4.69. The number of aryl methyl sites for hydroxylation is 1. The summed E-state index contributed by atoms with van der Waals surface area (Å²) in [6, 6.07) is 13.1. The fourth-order valence-corrected chi connectivity index (χ4v) is 3.78. The summed E-state index contributed by atoms with van der Waals surface area (Å²) in [6.07, 6.45) is 2.86. The minimum absolute atomic E-state index is 0.380. The van der Waals surface area contributed by atoms with Crippen molar-refractivity contribution in [2.45, 2.75) is 13.3 Å². The van der Waals surface area contributed by atoms with Crippen LogP contribution in [0.1, 0.15) is 24.5 Å². The second kappa shape index (κ2) is 7.17. The number of benzene rings is 2. The predicted molar refractivity (Wildman–Crippen MR) is 113 cm³/mol. The van der Waals surface area contributed by atoms with Gasteiger partial charge in [0, 0.05) is 47.0 Å². The van der Waals surface area contributed by atoms with Gasteiger partial charge in [0.25, 0.3) is 11.8 Å². The van der Waals surface area contributed by atoms with Crippen molar-refractivity contribution in [2.24, 2.45) is 7.05 Å². The van der Waals surface area contributed by atoms with Crippen molar-refractivity contribution in [3.8, 4) is 0 Å². The molecule has 1 aliphatic rings. The van der Waals surface area contributed by atoms with E-state index in [0.717, 1.165) is 29.6 Å². The van der Waals surface area contributed by atoms with E-state index in [0.29, 0.717) is 27.3 Å². The number of aromatic nitrogens is 1. The van der Waals surface area contributed by atoms with Crippen molar-refractivity contribution >= 4 is 51.2 Å². The zero-order valence-electron chi connectivity index (χ0n) is 15.7. The van der Waals surface area contributed by atoms with E-state index in [1.807, 2.05) is 60.3 Å². The number of nitrogens with zero attached hydrogens (tertiary/aromatic N) is 1. The lowest BCUT2D eigenvalue weighted by Gasteiger charge is -2.08. The summed E-state index contributed by atoms with van der Waals surface area (Å²) in [4.78, 5) is 25.4. The number of rotatable bonds is 5. The SMILES string of the molecule is CCCNc1cccc(C2=C(c3cn(C)c4ccc(Cl)cc34)C(=O)NC2=O)c1.